The summed E-state index contributed by atoms with van der Waals surface area (Å²) in [5.74, 6) is 1.57. The van der Waals surface area contributed by atoms with Gasteiger partial charge >= 0.3 is 0 Å². The summed E-state index contributed by atoms with van der Waals surface area (Å²) in [6.45, 7) is 4.29. The van der Waals surface area contributed by atoms with E-state index in [1.807, 2.05) is 13.0 Å². The molecule has 1 spiro atoms. The monoisotopic (exact) mass is 369 g/mol. The van der Waals surface area contributed by atoms with Crippen LogP contribution in [0.15, 0.2) is 30.3 Å². The number of amides is 1. The van der Waals surface area contributed by atoms with Crippen LogP contribution in [-0.2, 0) is 9.53 Å². The number of ether oxygens (including phenoxy) is 1. The van der Waals surface area contributed by atoms with Gasteiger partial charge in [-0.25, -0.2) is 4.98 Å². The Balaban J connectivity index is 1.45. The first-order chi connectivity index (χ1) is 13.0. The number of nitrogens with one attached hydrogen (secondary N) is 2. The van der Waals surface area contributed by atoms with Gasteiger partial charge in [0, 0.05) is 37.1 Å². The number of morpholine rings is 1. The molecule has 8 heteroatoms. The van der Waals surface area contributed by atoms with E-state index in [1.54, 1.807) is 24.3 Å². The Hall–Kier alpha value is -2.87. The highest BCUT2D eigenvalue weighted by Gasteiger charge is 2.39. The van der Waals surface area contributed by atoms with E-state index in [1.165, 1.54) is 0 Å². The quantitative estimate of drug-likeness (QED) is 0.709. The summed E-state index contributed by atoms with van der Waals surface area (Å²) in [7, 11) is 0. The Morgan fingerprint density at radius 1 is 1.22 bits per heavy atom. The number of nitrogens with zero attached hydrogens (tertiary/aromatic N) is 3. The van der Waals surface area contributed by atoms with Crippen molar-refractivity contribution in [3.8, 4) is 5.75 Å². The molecular weight excluding hydrogens is 346 g/mol. The molecule has 27 heavy (non-hydrogen) atoms. The molecule has 4 rings (SSSR count). The predicted octanol–water partition coefficient (Wildman–Crippen LogP) is 1.72. The number of aromatic hydroxyl groups is 1. The fourth-order valence-corrected chi connectivity index (χ4v) is 3.49. The average Bonchev–Trinajstić information content (AvgIpc) is 2.66. The molecule has 0 bridgehead atoms. The first-order valence-corrected chi connectivity index (χ1v) is 9.09. The van der Waals surface area contributed by atoms with E-state index in [4.69, 9.17) is 4.74 Å². The van der Waals surface area contributed by atoms with Crippen LogP contribution in [-0.4, -0.2) is 52.8 Å². The number of aromatic nitrogens is 2. The van der Waals surface area contributed by atoms with Crippen LogP contribution in [0.1, 0.15) is 18.5 Å². The first kappa shape index (κ1) is 17.5. The maximum Gasteiger partial charge on any atom is 0.246 e. The van der Waals surface area contributed by atoms with Crippen molar-refractivity contribution in [2.75, 3.05) is 36.5 Å². The topological polar surface area (TPSA) is 99.6 Å². The minimum Gasteiger partial charge on any atom is -0.508 e. The molecule has 2 aliphatic heterocycles. The molecule has 3 N–H and O–H groups in total. The largest absolute Gasteiger partial charge is 0.508 e. The third kappa shape index (κ3) is 3.95. The van der Waals surface area contributed by atoms with Crippen LogP contribution < -0.4 is 15.5 Å². The molecule has 2 aliphatic rings. The van der Waals surface area contributed by atoms with Gasteiger partial charge in [0.25, 0.3) is 0 Å². The maximum absolute atomic E-state index is 11.3. The minimum absolute atomic E-state index is 0.0422. The maximum atomic E-state index is 11.3. The number of hydrogen-bond acceptors (Lipinski definition) is 7. The number of phenols is 1. The molecule has 0 saturated carbocycles. The van der Waals surface area contributed by atoms with Crippen molar-refractivity contribution < 1.29 is 14.6 Å². The number of anilines is 3. The van der Waals surface area contributed by atoms with E-state index in [9.17, 15) is 9.90 Å². The van der Waals surface area contributed by atoms with Crippen molar-refractivity contribution in [1.82, 2.24) is 15.3 Å². The molecule has 142 valence electrons. The fourth-order valence-electron chi connectivity index (χ4n) is 3.49. The zero-order chi connectivity index (χ0) is 18.9. The van der Waals surface area contributed by atoms with Crippen LogP contribution in [0.4, 0.5) is 17.5 Å². The summed E-state index contributed by atoms with van der Waals surface area (Å²) in [6.07, 6.45) is 1.69. The first-order valence-electron chi connectivity index (χ1n) is 9.09. The van der Waals surface area contributed by atoms with Crippen molar-refractivity contribution in [2.24, 2.45) is 0 Å². The molecule has 0 radical (unpaired) electrons. The van der Waals surface area contributed by atoms with Crippen LogP contribution in [0.3, 0.4) is 0 Å². The summed E-state index contributed by atoms with van der Waals surface area (Å²) >= 11 is 0. The molecule has 0 unspecified atom stereocenters. The lowest BCUT2D eigenvalue weighted by atomic mass is 9.90. The number of benzene rings is 1. The van der Waals surface area contributed by atoms with Crippen molar-refractivity contribution in [3.63, 3.8) is 0 Å². The predicted molar refractivity (Wildman–Crippen MR) is 101 cm³/mol. The summed E-state index contributed by atoms with van der Waals surface area (Å²) in [5, 5.41) is 15.5. The Bertz CT molecular complexity index is 820. The number of rotatable bonds is 3. The van der Waals surface area contributed by atoms with Crippen LogP contribution in [0.5, 0.6) is 5.75 Å². The SMILES string of the molecule is Cc1cc(N2CCC3(CC2)CNC(=O)CO3)nc(Nc2ccc(O)cc2)n1. The molecule has 1 aromatic heterocycles. The van der Waals surface area contributed by atoms with Gasteiger partial charge in [-0.15, -0.1) is 0 Å². The van der Waals surface area contributed by atoms with E-state index in [2.05, 4.69) is 25.5 Å². The summed E-state index contributed by atoms with van der Waals surface area (Å²) in [5.41, 5.74) is 1.44. The van der Waals surface area contributed by atoms with Crippen molar-refractivity contribution in [3.05, 3.63) is 36.0 Å². The smallest absolute Gasteiger partial charge is 0.246 e. The van der Waals surface area contributed by atoms with Crippen molar-refractivity contribution in [2.45, 2.75) is 25.4 Å². The van der Waals surface area contributed by atoms with E-state index >= 15 is 0 Å². The molecule has 8 nitrogen and oxygen atoms in total. The number of hydrogen-bond donors (Lipinski definition) is 3. The van der Waals surface area contributed by atoms with Gasteiger partial charge in [-0.2, -0.15) is 4.98 Å². The second-order valence-electron chi connectivity index (χ2n) is 7.10. The Labute approximate surface area is 157 Å². The van der Waals surface area contributed by atoms with E-state index in [0.29, 0.717) is 12.5 Å². The zero-order valence-electron chi connectivity index (χ0n) is 15.2. The molecule has 2 aromatic rings. The van der Waals surface area contributed by atoms with E-state index in [0.717, 1.165) is 43.1 Å². The number of aryl methyl sites for hydroxylation is 1. The lowest BCUT2D eigenvalue weighted by Gasteiger charge is -2.44. The van der Waals surface area contributed by atoms with Gasteiger partial charge in [0.05, 0.1) is 5.60 Å². The summed E-state index contributed by atoms with van der Waals surface area (Å²) in [6, 6.07) is 8.77. The molecule has 2 saturated heterocycles. The Kier molecular flexibility index (Phi) is 4.57. The molecule has 1 amide bonds. The third-order valence-electron chi connectivity index (χ3n) is 5.08. The number of phenolic OH excluding ortho intramolecular Hbond substituents is 1. The van der Waals surface area contributed by atoms with Crippen LogP contribution in [0, 0.1) is 6.92 Å². The lowest BCUT2D eigenvalue weighted by molar-refractivity contribution is -0.146. The van der Waals surface area contributed by atoms with Gasteiger partial charge in [0.2, 0.25) is 11.9 Å². The minimum atomic E-state index is -0.250. The number of piperidine rings is 1. The highest BCUT2D eigenvalue weighted by atomic mass is 16.5. The second-order valence-corrected chi connectivity index (χ2v) is 7.10. The standard InChI is InChI=1S/C19H23N5O3/c1-13-10-16(23-18(21-13)22-14-2-4-15(25)5-3-14)24-8-6-19(7-9-24)12-20-17(26)11-27-19/h2-5,10,25H,6-9,11-12H2,1H3,(H,20,26)(H,21,22,23). The van der Waals surface area contributed by atoms with Gasteiger partial charge in [-0.1, -0.05) is 0 Å². The van der Waals surface area contributed by atoms with Crippen LogP contribution >= 0.6 is 0 Å². The van der Waals surface area contributed by atoms with Gasteiger partial charge in [-0.3, -0.25) is 4.79 Å². The second kappa shape index (κ2) is 7.03. The molecule has 0 atom stereocenters. The van der Waals surface area contributed by atoms with Crippen LogP contribution in [0.25, 0.3) is 0 Å². The molecule has 2 fully saturated rings. The zero-order valence-corrected chi connectivity index (χ0v) is 15.2. The fraction of sp³-hybridized carbons (Fsp3) is 0.421. The molecule has 1 aromatic carbocycles. The van der Waals surface area contributed by atoms with Gasteiger partial charge in [-0.05, 0) is 44.0 Å². The third-order valence-corrected chi connectivity index (χ3v) is 5.08. The molecular formula is C19H23N5O3. The number of carbonyl (C=O) groups excluding carboxylic acids is 1. The average molecular weight is 369 g/mol. The van der Waals surface area contributed by atoms with E-state index in [-0.39, 0.29) is 23.9 Å². The summed E-state index contributed by atoms with van der Waals surface area (Å²) < 4.78 is 5.83. The van der Waals surface area contributed by atoms with Gasteiger partial charge in [0.1, 0.15) is 18.2 Å². The normalized spacial score (nSPS) is 19.0. The van der Waals surface area contributed by atoms with Crippen LogP contribution in [0.2, 0.25) is 0 Å². The molecule has 3 heterocycles. The highest BCUT2D eigenvalue weighted by molar-refractivity contribution is 5.78. The van der Waals surface area contributed by atoms with E-state index < -0.39 is 0 Å². The van der Waals surface area contributed by atoms with Gasteiger partial charge < -0.3 is 25.4 Å². The number of carbonyl (C=O) groups is 1. The Morgan fingerprint density at radius 2 is 1.96 bits per heavy atom. The van der Waals surface area contributed by atoms with Crippen molar-refractivity contribution in [1.29, 1.82) is 0 Å². The lowest BCUT2D eigenvalue weighted by Crippen LogP contribution is -2.57. The summed E-state index contributed by atoms with van der Waals surface area (Å²) in [4.78, 5) is 22.7. The van der Waals surface area contributed by atoms with Crippen molar-refractivity contribution >= 4 is 23.4 Å². The highest BCUT2D eigenvalue weighted by Crippen LogP contribution is 2.30. The molecule has 0 aliphatic carbocycles. The van der Waals surface area contributed by atoms with Gasteiger partial charge in [0.15, 0.2) is 0 Å². The Morgan fingerprint density at radius 3 is 2.63 bits per heavy atom.